The molecule has 0 amide bonds. The van der Waals surface area contributed by atoms with Crippen molar-refractivity contribution in [3.63, 3.8) is 0 Å². The van der Waals surface area contributed by atoms with Gasteiger partial charge in [-0.05, 0) is 76.5 Å². The average Bonchev–Trinajstić information content (AvgIpc) is 2.69. The van der Waals surface area contributed by atoms with Crippen LogP contribution in [0, 0.1) is 31.1 Å². The topological polar surface area (TPSA) is 50.1 Å². The Morgan fingerprint density at radius 3 is 2.43 bits per heavy atom. The number of aliphatic hydroxyl groups is 1. The fourth-order valence-corrected chi connectivity index (χ4v) is 6.20. The van der Waals surface area contributed by atoms with Crippen molar-refractivity contribution in [2.24, 2.45) is 24.3 Å². The number of hydrogen-bond donors (Lipinski definition) is 2. The molecule has 0 saturated heterocycles. The van der Waals surface area contributed by atoms with Crippen LogP contribution in [-0.4, -0.2) is 26.3 Å². The maximum absolute atomic E-state index is 10.9. The van der Waals surface area contributed by atoms with Gasteiger partial charge >= 0.3 is 0 Å². The SMILES string of the molecule is Cc1nc(CNC(C)C23CC4CC(CC(O)(C4)C2)C3)n(C)c1C. The molecule has 0 aliphatic heterocycles. The Bertz CT molecular complexity index is 606. The normalized spacial score (nSPS) is 39.9. The molecule has 3 atom stereocenters. The van der Waals surface area contributed by atoms with E-state index in [0.717, 1.165) is 49.2 Å². The van der Waals surface area contributed by atoms with Crippen molar-refractivity contribution in [1.82, 2.24) is 14.9 Å². The largest absolute Gasteiger partial charge is 0.390 e. The molecule has 5 rings (SSSR count). The van der Waals surface area contributed by atoms with Crippen molar-refractivity contribution in [1.29, 1.82) is 0 Å². The van der Waals surface area contributed by atoms with Crippen molar-refractivity contribution in [3.8, 4) is 0 Å². The Labute approximate surface area is 139 Å². The summed E-state index contributed by atoms with van der Waals surface area (Å²) < 4.78 is 2.20. The van der Waals surface area contributed by atoms with Gasteiger partial charge in [0.05, 0.1) is 17.8 Å². The molecule has 4 saturated carbocycles. The summed E-state index contributed by atoms with van der Waals surface area (Å²) in [5.74, 6) is 2.63. The number of imidazole rings is 1. The zero-order valence-corrected chi connectivity index (χ0v) is 15.0. The van der Waals surface area contributed by atoms with Crippen LogP contribution in [0.25, 0.3) is 0 Å². The molecular formula is C19H31N3O. The minimum Gasteiger partial charge on any atom is -0.390 e. The number of rotatable bonds is 4. The molecule has 1 aromatic rings. The highest BCUT2D eigenvalue weighted by atomic mass is 16.3. The minimum absolute atomic E-state index is 0.300. The van der Waals surface area contributed by atoms with Crippen LogP contribution in [0.15, 0.2) is 0 Å². The highest BCUT2D eigenvalue weighted by Gasteiger charge is 2.58. The van der Waals surface area contributed by atoms with Crippen LogP contribution in [0.1, 0.15) is 62.7 Å². The molecule has 4 nitrogen and oxygen atoms in total. The molecule has 0 aromatic carbocycles. The summed E-state index contributed by atoms with van der Waals surface area (Å²) in [5, 5.41) is 14.7. The van der Waals surface area contributed by atoms with E-state index >= 15 is 0 Å². The number of hydrogen-bond acceptors (Lipinski definition) is 3. The van der Waals surface area contributed by atoms with Crippen molar-refractivity contribution >= 4 is 0 Å². The molecule has 1 aromatic heterocycles. The van der Waals surface area contributed by atoms with Gasteiger partial charge in [-0.15, -0.1) is 0 Å². The predicted molar refractivity (Wildman–Crippen MR) is 91.0 cm³/mol. The van der Waals surface area contributed by atoms with E-state index in [0.29, 0.717) is 11.5 Å². The second-order valence-electron chi connectivity index (χ2n) is 8.91. The smallest absolute Gasteiger partial charge is 0.122 e. The monoisotopic (exact) mass is 317 g/mol. The zero-order chi connectivity index (χ0) is 16.4. The van der Waals surface area contributed by atoms with Crippen LogP contribution in [0.2, 0.25) is 0 Å². The van der Waals surface area contributed by atoms with Gasteiger partial charge in [0.15, 0.2) is 0 Å². The van der Waals surface area contributed by atoms with Crippen LogP contribution in [0.5, 0.6) is 0 Å². The number of aromatic nitrogens is 2. The first-order chi connectivity index (χ1) is 10.8. The second-order valence-corrected chi connectivity index (χ2v) is 8.91. The molecule has 4 aliphatic rings. The Hall–Kier alpha value is -0.870. The van der Waals surface area contributed by atoms with Gasteiger partial charge in [0, 0.05) is 18.8 Å². The fourth-order valence-electron chi connectivity index (χ4n) is 6.20. The second kappa shape index (κ2) is 5.06. The lowest BCUT2D eigenvalue weighted by molar-refractivity contribution is -0.172. The lowest BCUT2D eigenvalue weighted by Crippen LogP contribution is -2.61. The summed E-state index contributed by atoms with van der Waals surface area (Å²) in [6.07, 6.45) is 7.07. The lowest BCUT2D eigenvalue weighted by Gasteiger charge is -2.62. The van der Waals surface area contributed by atoms with E-state index in [2.05, 4.69) is 37.7 Å². The Morgan fingerprint density at radius 1 is 1.26 bits per heavy atom. The molecule has 3 unspecified atom stereocenters. The Kier molecular flexibility index (Phi) is 3.44. The van der Waals surface area contributed by atoms with Crippen LogP contribution in [-0.2, 0) is 13.6 Å². The van der Waals surface area contributed by atoms with E-state index in [-0.39, 0.29) is 5.60 Å². The first kappa shape index (κ1) is 15.6. The summed E-state index contributed by atoms with van der Waals surface area (Å²) in [4.78, 5) is 4.69. The average molecular weight is 317 g/mol. The van der Waals surface area contributed by atoms with Crippen molar-refractivity contribution in [2.45, 2.75) is 77.5 Å². The lowest BCUT2D eigenvalue weighted by atomic mass is 9.46. The summed E-state index contributed by atoms with van der Waals surface area (Å²) >= 11 is 0. The molecule has 2 N–H and O–H groups in total. The van der Waals surface area contributed by atoms with Crippen LogP contribution in [0.3, 0.4) is 0 Å². The summed E-state index contributed by atoms with van der Waals surface area (Å²) in [6, 6.07) is 0.442. The van der Waals surface area contributed by atoms with Crippen molar-refractivity contribution < 1.29 is 5.11 Å². The Balaban J connectivity index is 1.49. The van der Waals surface area contributed by atoms with Gasteiger partial charge in [0.25, 0.3) is 0 Å². The van der Waals surface area contributed by atoms with E-state index in [4.69, 9.17) is 4.98 Å². The summed E-state index contributed by atoms with van der Waals surface area (Å²) in [5.41, 5.74) is 2.31. The Morgan fingerprint density at radius 2 is 1.91 bits per heavy atom. The highest BCUT2D eigenvalue weighted by molar-refractivity contribution is 5.14. The molecule has 4 aliphatic carbocycles. The van der Waals surface area contributed by atoms with Gasteiger partial charge in [-0.2, -0.15) is 0 Å². The maximum atomic E-state index is 10.9. The minimum atomic E-state index is -0.365. The first-order valence-electron chi connectivity index (χ1n) is 9.25. The molecule has 0 radical (unpaired) electrons. The van der Waals surface area contributed by atoms with E-state index < -0.39 is 0 Å². The van der Waals surface area contributed by atoms with E-state index in [1.54, 1.807) is 0 Å². The molecule has 4 fully saturated rings. The van der Waals surface area contributed by atoms with Gasteiger partial charge in [0.1, 0.15) is 5.82 Å². The molecular weight excluding hydrogens is 286 g/mol. The highest BCUT2D eigenvalue weighted by Crippen LogP contribution is 2.62. The van der Waals surface area contributed by atoms with Crippen LogP contribution < -0.4 is 5.32 Å². The predicted octanol–water partition coefficient (Wildman–Crippen LogP) is 2.85. The number of nitrogens with zero attached hydrogens (tertiary/aromatic N) is 2. The van der Waals surface area contributed by atoms with Crippen molar-refractivity contribution in [3.05, 3.63) is 17.2 Å². The quantitative estimate of drug-likeness (QED) is 0.898. The van der Waals surface area contributed by atoms with Crippen LogP contribution >= 0.6 is 0 Å². The third-order valence-electron chi connectivity index (χ3n) is 7.27. The van der Waals surface area contributed by atoms with Gasteiger partial charge in [-0.1, -0.05) is 0 Å². The fraction of sp³-hybridized carbons (Fsp3) is 0.842. The van der Waals surface area contributed by atoms with Gasteiger partial charge < -0.3 is 15.0 Å². The molecule has 4 heteroatoms. The summed E-state index contributed by atoms with van der Waals surface area (Å²) in [7, 11) is 2.10. The molecule has 0 spiro atoms. The van der Waals surface area contributed by atoms with Crippen LogP contribution in [0.4, 0.5) is 0 Å². The van der Waals surface area contributed by atoms with Gasteiger partial charge in [-0.3, -0.25) is 0 Å². The van der Waals surface area contributed by atoms with E-state index in [9.17, 15) is 5.11 Å². The number of nitrogens with one attached hydrogen (secondary N) is 1. The molecule has 23 heavy (non-hydrogen) atoms. The zero-order valence-electron chi connectivity index (χ0n) is 15.0. The molecule has 4 bridgehead atoms. The molecule has 128 valence electrons. The molecule has 1 heterocycles. The van der Waals surface area contributed by atoms with Crippen molar-refractivity contribution in [2.75, 3.05) is 0 Å². The van der Waals surface area contributed by atoms with Gasteiger partial charge in [-0.25, -0.2) is 4.98 Å². The number of aryl methyl sites for hydroxylation is 1. The van der Waals surface area contributed by atoms with E-state index in [1.165, 1.54) is 25.0 Å². The third-order valence-corrected chi connectivity index (χ3v) is 7.27. The third kappa shape index (κ3) is 2.45. The first-order valence-corrected chi connectivity index (χ1v) is 9.25. The van der Waals surface area contributed by atoms with E-state index in [1.807, 2.05) is 0 Å². The van der Waals surface area contributed by atoms with Gasteiger partial charge in [0.2, 0.25) is 0 Å². The maximum Gasteiger partial charge on any atom is 0.122 e. The standard InChI is InChI=1S/C19H31N3O/c1-12-13(2)22(4)17(21-12)10-20-14(3)18-6-15-5-16(7-18)9-19(23,8-15)11-18/h14-16,20,23H,5-11H2,1-4H3. The summed E-state index contributed by atoms with van der Waals surface area (Å²) in [6.45, 7) is 7.36.